The molecular formula is C17H18FN3. The van der Waals surface area contributed by atoms with Crippen LogP contribution in [0.2, 0.25) is 0 Å². The van der Waals surface area contributed by atoms with Crippen LogP contribution in [0.4, 0.5) is 10.3 Å². The molecule has 21 heavy (non-hydrogen) atoms. The van der Waals surface area contributed by atoms with E-state index < -0.39 is 0 Å². The summed E-state index contributed by atoms with van der Waals surface area (Å²) in [6, 6.07) is 14.9. The minimum absolute atomic E-state index is 0.213. The highest BCUT2D eigenvalue weighted by atomic mass is 19.1. The summed E-state index contributed by atoms with van der Waals surface area (Å²) in [6.45, 7) is 4.83. The molecule has 108 valence electrons. The van der Waals surface area contributed by atoms with Crippen molar-refractivity contribution in [1.82, 2.24) is 9.55 Å². The number of nitrogens with one attached hydrogen (secondary N) is 1. The quantitative estimate of drug-likeness (QED) is 0.783. The monoisotopic (exact) mass is 283 g/mol. The Morgan fingerprint density at radius 3 is 2.52 bits per heavy atom. The lowest BCUT2D eigenvalue weighted by Crippen LogP contribution is -2.15. The van der Waals surface area contributed by atoms with Crippen molar-refractivity contribution in [2.45, 2.75) is 26.4 Å². The van der Waals surface area contributed by atoms with E-state index in [0.29, 0.717) is 12.6 Å². The Bertz CT molecular complexity index is 744. The number of imidazole rings is 1. The zero-order valence-corrected chi connectivity index (χ0v) is 12.2. The zero-order chi connectivity index (χ0) is 14.8. The van der Waals surface area contributed by atoms with Crippen LogP contribution in [-0.4, -0.2) is 15.6 Å². The van der Waals surface area contributed by atoms with Gasteiger partial charge in [0.05, 0.1) is 17.6 Å². The third-order valence-corrected chi connectivity index (χ3v) is 3.33. The Hall–Kier alpha value is -2.36. The molecule has 0 atom stereocenters. The molecule has 1 heterocycles. The molecule has 0 saturated carbocycles. The second-order valence-corrected chi connectivity index (χ2v) is 5.44. The summed E-state index contributed by atoms with van der Waals surface area (Å²) in [7, 11) is 0. The van der Waals surface area contributed by atoms with Crippen LogP contribution in [0.1, 0.15) is 19.4 Å². The highest BCUT2D eigenvalue weighted by molar-refractivity contribution is 5.78. The first kappa shape index (κ1) is 13.6. The summed E-state index contributed by atoms with van der Waals surface area (Å²) in [5.74, 6) is 0.630. The number of para-hydroxylation sites is 2. The SMILES string of the molecule is CC(C)Nc1nc2ccccc2n1Cc1ccc(F)cc1. The van der Waals surface area contributed by atoms with Crippen LogP contribution >= 0.6 is 0 Å². The molecule has 0 bridgehead atoms. The van der Waals surface area contributed by atoms with E-state index in [0.717, 1.165) is 22.5 Å². The van der Waals surface area contributed by atoms with Crippen molar-refractivity contribution in [1.29, 1.82) is 0 Å². The van der Waals surface area contributed by atoms with Crippen LogP contribution in [-0.2, 0) is 6.54 Å². The molecule has 2 aromatic carbocycles. The maximum Gasteiger partial charge on any atom is 0.204 e. The Kier molecular flexibility index (Phi) is 3.60. The number of benzene rings is 2. The smallest absolute Gasteiger partial charge is 0.204 e. The fraction of sp³-hybridized carbons (Fsp3) is 0.235. The van der Waals surface area contributed by atoms with Gasteiger partial charge in [-0.05, 0) is 43.7 Å². The van der Waals surface area contributed by atoms with E-state index in [1.54, 1.807) is 0 Å². The Balaban J connectivity index is 2.03. The molecular weight excluding hydrogens is 265 g/mol. The summed E-state index contributed by atoms with van der Waals surface area (Å²) >= 11 is 0. The van der Waals surface area contributed by atoms with Gasteiger partial charge in [-0.15, -0.1) is 0 Å². The van der Waals surface area contributed by atoms with Gasteiger partial charge in [0.15, 0.2) is 0 Å². The number of hydrogen-bond donors (Lipinski definition) is 1. The van der Waals surface area contributed by atoms with E-state index in [9.17, 15) is 4.39 Å². The average molecular weight is 283 g/mol. The van der Waals surface area contributed by atoms with Gasteiger partial charge < -0.3 is 9.88 Å². The molecule has 3 aromatic rings. The first-order valence-electron chi connectivity index (χ1n) is 7.10. The van der Waals surface area contributed by atoms with Crippen molar-refractivity contribution in [2.75, 3.05) is 5.32 Å². The van der Waals surface area contributed by atoms with Gasteiger partial charge in [-0.1, -0.05) is 24.3 Å². The molecule has 1 N–H and O–H groups in total. The van der Waals surface area contributed by atoms with Gasteiger partial charge >= 0.3 is 0 Å². The van der Waals surface area contributed by atoms with Gasteiger partial charge in [0.1, 0.15) is 5.82 Å². The van der Waals surface area contributed by atoms with Gasteiger partial charge in [-0.3, -0.25) is 0 Å². The molecule has 0 fully saturated rings. The summed E-state index contributed by atoms with van der Waals surface area (Å²) in [4.78, 5) is 4.64. The van der Waals surface area contributed by atoms with Gasteiger partial charge in [-0.2, -0.15) is 0 Å². The van der Waals surface area contributed by atoms with Crippen molar-refractivity contribution in [3.05, 3.63) is 59.9 Å². The van der Waals surface area contributed by atoms with Crippen LogP contribution in [0.15, 0.2) is 48.5 Å². The predicted molar refractivity (Wildman–Crippen MR) is 84.0 cm³/mol. The number of nitrogens with zero attached hydrogens (tertiary/aromatic N) is 2. The molecule has 0 saturated heterocycles. The molecule has 0 aliphatic heterocycles. The molecule has 0 aliphatic rings. The zero-order valence-electron chi connectivity index (χ0n) is 12.2. The molecule has 0 spiro atoms. The maximum atomic E-state index is 13.0. The Morgan fingerprint density at radius 1 is 1.10 bits per heavy atom. The van der Waals surface area contributed by atoms with E-state index in [1.807, 2.05) is 30.3 Å². The van der Waals surface area contributed by atoms with E-state index in [2.05, 4.69) is 34.8 Å². The second-order valence-electron chi connectivity index (χ2n) is 5.44. The van der Waals surface area contributed by atoms with Gasteiger partial charge in [0.25, 0.3) is 0 Å². The molecule has 3 nitrogen and oxygen atoms in total. The van der Waals surface area contributed by atoms with Crippen LogP contribution < -0.4 is 5.32 Å². The summed E-state index contributed by atoms with van der Waals surface area (Å²) < 4.78 is 15.2. The fourth-order valence-corrected chi connectivity index (χ4v) is 2.38. The lowest BCUT2D eigenvalue weighted by atomic mass is 10.2. The Morgan fingerprint density at radius 2 is 1.81 bits per heavy atom. The normalized spacial score (nSPS) is 11.2. The van der Waals surface area contributed by atoms with Crippen molar-refractivity contribution in [2.24, 2.45) is 0 Å². The largest absolute Gasteiger partial charge is 0.353 e. The molecule has 4 heteroatoms. The third-order valence-electron chi connectivity index (χ3n) is 3.33. The molecule has 0 unspecified atom stereocenters. The van der Waals surface area contributed by atoms with Crippen LogP contribution in [0, 0.1) is 5.82 Å². The second kappa shape index (κ2) is 5.56. The van der Waals surface area contributed by atoms with E-state index in [4.69, 9.17) is 0 Å². The van der Waals surface area contributed by atoms with Crippen molar-refractivity contribution < 1.29 is 4.39 Å². The summed E-state index contributed by atoms with van der Waals surface area (Å²) in [5.41, 5.74) is 3.08. The van der Waals surface area contributed by atoms with Crippen molar-refractivity contribution >= 4 is 17.0 Å². The highest BCUT2D eigenvalue weighted by Gasteiger charge is 2.11. The number of hydrogen-bond acceptors (Lipinski definition) is 2. The number of fused-ring (bicyclic) bond motifs is 1. The number of aromatic nitrogens is 2. The van der Waals surface area contributed by atoms with Crippen molar-refractivity contribution in [3.8, 4) is 0 Å². The minimum Gasteiger partial charge on any atom is -0.353 e. The molecule has 0 radical (unpaired) electrons. The average Bonchev–Trinajstić information content (AvgIpc) is 2.78. The molecule has 0 amide bonds. The van der Waals surface area contributed by atoms with Gasteiger partial charge in [0, 0.05) is 6.04 Å². The Labute approximate surface area is 123 Å². The van der Waals surface area contributed by atoms with E-state index >= 15 is 0 Å². The number of halogens is 1. The van der Waals surface area contributed by atoms with Gasteiger partial charge in [0.2, 0.25) is 5.95 Å². The third kappa shape index (κ3) is 2.89. The summed E-state index contributed by atoms with van der Waals surface area (Å²) in [6.07, 6.45) is 0. The fourth-order valence-electron chi connectivity index (χ4n) is 2.38. The van der Waals surface area contributed by atoms with Crippen LogP contribution in [0.25, 0.3) is 11.0 Å². The standard InChI is InChI=1S/C17H18FN3/c1-12(2)19-17-20-15-5-3-4-6-16(15)21(17)11-13-7-9-14(18)10-8-13/h3-10,12H,11H2,1-2H3,(H,19,20). The molecule has 3 rings (SSSR count). The molecule has 1 aromatic heterocycles. The topological polar surface area (TPSA) is 29.9 Å². The number of anilines is 1. The van der Waals surface area contributed by atoms with E-state index in [-0.39, 0.29) is 5.82 Å². The highest BCUT2D eigenvalue weighted by Crippen LogP contribution is 2.21. The molecule has 0 aliphatic carbocycles. The lowest BCUT2D eigenvalue weighted by molar-refractivity contribution is 0.626. The number of rotatable bonds is 4. The summed E-state index contributed by atoms with van der Waals surface area (Å²) in [5, 5.41) is 3.37. The van der Waals surface area contributed by atoms with E-state index in [1.165, 1.54) is 12.1 Å². The van der Waals surface area contributed by atoms with Gasteiger partial charge in [-0.25, -0.2) is 9.37 Å². The minimum atomic E-state index is -0.213. The lowest BCUT2D eigenvalue weighted by Gasteiger charge is -2.13. The predicted octanol–water partition coefficient (Wildman–Crippen LogP) is 4.04. The first-order chi connectivity index (χ1) is 10.1. The maximum absolute atomic E-state index is 13.0. The first-order valence-corrected chi connectivity index (χ1v) is 7.10. The van der Waals surface area contributed by atoms with Crippen LogP contribution in [0.5, 0.6) is 0 Å². The van der Waals surface area contributed by atoms with Crippen LogP contribution in [0.3, 0.4) is 0 Å². The van der Waals surface area contributed by atoms with Crippen molar-refractivity contribution in [3.63, 3.8) is 0 Å².